The predicted molar refractivity (Wildman–Crippen MR) is 70.2 cm³/mol. The molecule has 0 heterocycles. The Morgan fingerprint density at radius 1 is 0.944 bits per heavy atom. The van der Waals surface area contributed by atoms with E-state index in [-0.39, 0.29) is 5.56 Å². The average Bonchev–Trinajstić information content (AvgIpc) is 2.24. The van der Waals surface area contributed by atoms with E-state index in [4.69, 9.17) is 3.76 Å². The fourth-order valence-corrected chi connectivity index (χ4v) is 11.3. The van der Waals surface area contributed by atoms with Gasteiger partial charge in [-0.2, -0.15) is 0 Å². The van der Waals surface area contributed by atoms with Crippen molar-refractivity contribution in [3.05, 3.63) is 35.9 Å². The van der Waals surface area contributed by atoms with Crippen molar-refractivity contribution < 1.29 is 16.9 Å². The van der Waals surface area contributed by atoms with Gasteiger partial charge in [0.25, 0.3) is 0 Å². The number of hydrogen-bond acceptors (Lipinski definition) is 1. The van der Waals surface area contributed by atoms with Crippen molar-refractivity contribution in [1.29, 1.82) is 0 Å². The third kappa shape index (κ3) is 3.14. The molecule has 0 aromatic heterocycles. The van der Waals surface area contributed by atoms with Crippen molar-refractivity contribution in [1.82, 2.24) is 0 Å². The van der Waals surface area contributed by atoms with Crippen LogP contribution in [0.15, 0.2) is 30.3 Å². The maximum atomic E-state index is 13.6. The van der Waals surface area contributed by atoms with Crippen LogP contribution in [0.1, 0.15) is 5.56 Å². The number of rotatable bonds is 4. The van der Waals surface area contributed by atoms with Gasteiger partial charge in [-0.15, -0.1) is 0 Å². The number of halogens is 3. The second-order valence-corrected chi connectivity index (χ2v) is 14.5. The first-order valence-corrected chi connectivity index (χ1v) is 15.9. The average molecular weight is 379 g/mol. The molecule has 0 saturated heterocycles. The molecule has 1 aromatic rings. The van der Waals surface area contributed by atoms with Gasteiger partial charge in [-0.1, -0.05) is 0 Å². The fourth-order valence-electron chi connectivity index (χ4n) is 1.93. The van der Waals surface area contributed by atoms with Crippen molar-refractivity contribution in [3.63, 3.8) is 0 Å². The van der Waals surface area contributed by atoms with E-state index in [1.807, 2.05) is 11.5 Å². The zero-order valence-corrected chi connectivity index (χ0v) is 15.1. The van der Waals surface area contributed by atoms with Gasteiger partial charge < -0.3 is 0 Å². The molecule has 0 amide bonds. The van der Waals surface area contributed by atoms with Crippen LogP contribution in [0, 0.1) is 0 Å². The summed E-state index contributed by atoms with van der Waals surface area (Å²) in [6.07, 6.45) is -4.34. The van der Waals surface area contributed by atoms with Crippen molar-refractivity contribution in [3.8, 4) is 0 Å². The van der Waals surface area contributed by atoms with Gasteiger partial charge in [0, 0.05) is 0 Å². The zero-order chi connectivity index (χ0) is 14.0. The Morgan fingerprint density at radius 2 is 1.44 bits per heavy atom. The molecule has 1 atom stereocenters. The summed E-state index contributed by atoms with van der Waals surface area (Å²) in [4.78, 5) is 0. The Labute approximate surface area is 115 Å². The van der Waals surface area contributed by atoms with E-state index in [1.165, 1.54) is 12.1 Å². The SMILES string of the molecule is [CH3][Ge]([CH3])[O][C](c1ccccc1)([Ge]([CH3])[CH3])C(F)(F)F. The van der Waals surface area contributed by atoms with Crippen molar-refractivity contribution in [2.75, 3.05) is 0 Å². The molecule has 0 aliphatic heterocycles. The summed E-state index contributed by atoms with van der Waals surface area (Å²) in [5, 5.41) is 0. The molecule has 18 heavy (non-hydrogen) atoms. The van der Waals surface area contributed by atoms with Crippen LogP contribution in [0.4, 0.5) is 13.2 Å². The summed E-state index contributed by atoms with van der Waals surface area (Å²) in [5.74, 6) is 7.07. The second kappa shape index (κ2) is 6.01. The molecular formula is C12H17F3Ge2O. The van der Waals surface area contributed by atoms with Crippen molar-refractivity contribution in [2.24, 2.45) is 0 Å². The predicted octanol–water partition coefficient (Wildman–Crippen LogP) is 4.01. The molecule has 6 heteroatoms. The summed E-state index contributed by atoms with van der Waals surface area (Å²) >= 11 is -4.50. The van der Waals surface area contributed by atoms with Gasteiger partial charge in [0.1, 0.15) is 0 Å². The van der Waals surface area contributed by atoms with Gasteiger partial charge in [0.15, 0.2) is 0 Å². The van der Waals surface area contributed by atoms with Gasteiger partial charge in [-0.05, 0) is 0 Å². The third-order valence-electron chi connectivity index (χ3n) is 2.64. The van der Waals surface area contributed by atoms with Crippen LogP contribution in [0.25, 0.3) is 0 Å². The van der Waals surface area contributed by atoms with Crippen LogP contribution in [0.2, 0.25) is 23.0 Å². The Kier molecular flexibility index (Phi) is 5.38. The van der Waals surface area contributed by atoms with E-state index in [9.17, 15) is 13.2 Å². The molecule has 2 radical (unpaired) electrons. The first-order chi connectivity index (χ1) is 8.22. The minimum absolute atomic E-state index is 0.270. The summed E-state index contributed by atoms with van der Waals surface area (Å²) in [7, 11) is 0. The number of hydrogen-bond donors (Lipinski definition) is 0. The Hall–Kier alpha value is 0.0557. The molecule has 100 valence electrons. The van der Waals surface area contributed by atoms with Crippen LogP contribution in [0.5, 0.6) is 0 Å². The molecule has 0 N–H and O–H groups in total. The van der Waals surface area contributed by atoms with Crippen LogP contribution < -0.4 is 0 Å². The standard InChI is InChI=1S/C12H17F3Ge2O/c1-16(2)11(12(13,14)15,18-17(3)4)10-8-6-5-7-9-10/h5-9H,1-4H3. The second-order valence-electron chi connectivity index (χ2n) is 4.56. The van der Waals surface area contributed by atoms with E-state index in [0.717, 1.165) is 0 Å². The molecule has 0 fully saturated rings. The molecule has 0 aliphatic carbocycles. The van der Waals surface area contributed by atoms with Crippen LogP contribution in [-0.2, 0) is 8.20 Å². The number of alkyl halides is 3. The summed E-state index contributed by atoms with van der Waals surface area (Å²) in [5.41, 5.74) is 0.270. The molecular weight excluding hydrogens is 362 g/mol. The first kappa shape index (κ1) is 16.1. The molecule has 1 unspecified atom stereocenters. The van der Waals surface area contributed by atoms with Gasteiger partial charge in [0.05, 0.1) is 0 Å². The molecule has 0 bridgehead atoms. The van der Waals surface area contributed by atoms with Crippen LogP contribution in [-0.4, -0.2) is 35.2 Å². The van der Waals surface area contributed by atoms with Gasteiger partial charge in [-0.25, -0.2) is 0 Å². The molecule has 0 saturated carbocycles. The van der Waals surface area contributed by atoms with E-state index >= 15 is 0 Å². The van der Waals surface area contributed by atoms with E-state index < -0.39 is 39.6 Å². The van der Waals surface area contributed by atoms with Crippen molar-refractivity contribution >= 4 is 29.0 Å². The van der Waals surface area contributed by atoms with Gasteiger partial charge >= 0.3 is 115 Å². The van der Waals surface area contributed by atoms with E-state index in [2.05, 4.69) is 0 Å². The monoisotopic (exact) mass is 382 g/mol. The zero-order valence-electron chi connectivity index (χ0n) is 10.9. The number of benzene rings is 1. The maximum absolute atomic E-state index is 13.6. The van der Waals surface area contributed by atoms with Crippen LogP contribution in [0.3, 0.4) is 0 Å². The molecule has 1 aromatic carbocycles. The minimum atomic E-state index is -4.34. The van der Waals surface area contributed by atoms with Crippen LogP contribution >= 0.6 is 0 Å². The quantitative estimate of drug-likeness (QED) is 0.719. The van der Waals surface area contributed by atoms with E-state index in [1.54, 1.807) is 29.7 Å². The summed E-state index contributed by atoms with van der Waals surface area (Å²) < 4.78 is 44.4. The summed E-state index contributed by atoms with van der Waals surface area (Å²) in [6, 6.07) is 8.09. The van der Waals surface area contributed by atoms with Crippen molar-refractivity contribution in [2.45, 2.75) is 33.6 Å². The van der Waals surface area contributed by atoms with Gasteiger partial charge in [-0.3, -0.25) is 0 Å². The van der Waals surface area contributed by atoms with E-state index in [0.29, 0.717) is 0 Å². The Bertz CT molecular complexity index is 379. The molecule has 0 aliphatic rings. The molecule has 1 rings (SSSR count). The first-order valence-electron chi connectivity index (χ1n) is 5.64. The topological polar surface area (TPSA) is 9.23 Å². The normalized spacial score (nSPS) is 16.1. The molecule has 0 spiro atoms. The Morgan fingerprint density at radius 3 is 1.78 bits per heavy atom. The summed E-state index contributed by atoms with van der Waals surface area (Å²) in [6.45, 7) is 0. The van der Waals surface area contributed by atoms with Gasteiger partial charge in [0.2, 0.25) is 0 Å². The third-order valence-corrected chi connectivity index (χ3v) is 9.41. The molecule has 1 nitrogen and oxygen atoms in total. The Balaban J connectivity index is 3.40. The fraction of sp³-hybridized carbons (Fsp3) is 0.500.